The topological polar surface area (TPSA) is 90.7 Å². The first-order valence-electron chi connectivity index (χ1n) is 18.8. The molecule has 50 heavy (non-hydrogen) atoms. The van der Waals surface area contributed by atoms with Crippen LogP contribution in [-0.4, -0.2) is 84.7 Å². The monoisotopic (exact) mass is 674 g/mol. The third-order valence-corrected chi connectivity index (χ3v) is 13.9. The first-order chi connectivity index (χ1) is 24.3. The summed E-state index contributed by atoms with van der Waals surface area (Å²) < 4.78 is 11.2. The van der Waals surface area contributed by atoms with E-state index in [0.29, 0.717) is 11.8 Å². The van der Waals surface area contributed by atoms with Crippen LogP contribution in [0, 0.1) is 23.7 Å². The Morgan fingerprint density at radius 3 is 2.62 bits per heavy atom. The van der Waals surface area contributed by atoms with Gasteiger partial charge in [-0.25, -0.2) is 0 Å². The molecule has 3 saturated heterocycles. The summed E-state index contributed by atoms with van der Waals surface area (Å²) in [6, 6.07) is 15.8. The number of ether oxygens (including phenoxy) is 2. The standard InChI is InChI=1S/C42H50N4O4/c1-6-24-16-23-20-42(41(48)50-5)38-28(14-15-46(21-23)39(24)42)31-17-26(12-13-34(31)44-38)30-18-29-25(7-2)22-45(3)35(36(29)40(47)49-4)19-32-27-10-8-9-11-33(27)43-37(30)32/h7-13,17,23-24,29-30,35-36,39,43-44H,6,14-16,18-22H2,1-5H3/b25-7-. The number of aromatic amines is 2. The number of nitrogens with one attached hydrogen (secondary N) is 2. The summed E-state index contributed by atoms with van der Waals surface area (Å²) in [7, 11) is 5.25. The van der Waals surface area contributed by atoms with E-state index in [9.17, 15) is 9.59 Å². The number of para-hydroxylation sites is 1. The largest absolute Gasteiger partial charge is 0.469 e. The van der Waals surface area contributed by atoms with E-state index in [0.717, 1.165) is 68.5 Å². The SMILES string of the molecule is C/C=C1/CN(C)C2Cc3c([nH]c4ccccc34)C(c3ccc4[nH]c5c(c4c3)CCN3CC4CC(CC)C3C5(C(=O)OC)C4)CC1C2C(=O)OC. The second-order valence-corrected chi connectivity index (χ2v) is 16.0. The number of nitrogens with zero attached hydrogens (tertiary/aromatic N) is 2. The molecule has 8 nitrogen and oxygen atoms in total. The minimum Gasteiger partial charge on any atom is -0.469 e. The van der Waals surface area contributed by atoms with Crippen LogP contribution in [-0.2, 0) is 37.3 Å². The summed E-state index contributed by atoms with van der Waals surface area (Å²) in [5.41, 5.74) is 9.04. The molecule has 10 rings (SSSR count). The number of aromatic nitrogens is 2. The van der Waals surface area contributed by atoms with E-state index in [1.54, 1.807) is 7.11 Å². The number of esters is 2. The molecule has 0 amide bonds. The Labute approximate surface area is 294 Å². The molecular formula is C42H50N4O4. The van der Waals surface area contributed by atoms with Gasteiger partial charge in [-0.15, -0.1) is 0 Å². The molecule has 2 N–H and O–H groups in total. The number of fused-ring (bicyclic) bond motifs is 9. The summed E-state index contributed by atoms with van der Waals surface area (Å²) in [6.07, 6.45) is 7.84. The van der Waals surface area contributed by atoms with Gasteiger partial charge in [0.1, 0.15) is 5.41 Å². The van der Waals surface area contributed by atoms with Crippen LogP contribution >= 0.6 is 0 Å². The fourth-order valence-electron chi connectivity index (χ4n) is 11.8. The summed E-state index contributed by atoms with van der Waals surface area (Å²) in [5.74, 6) is 0.629. The third-order valence-electron chi connectivity index (χ3n) is 13.9. The van der Waals surface area contributed by atoms with Crippen molar-refractivity contribution in [1.29, 1.82) is 0 Å². The molecule has 2 aromatic carbocycles. The number of carbonyl (C=O) groups is 2. The van der Waals surface area contributed by atoms with Crippen molar-refractivity contribution in [1.82, 2.24) is 19.8 Å². The maximum atomic E-state index is 14.1. The number of likely N-dealkylation sites (tertiary alicyclic amines) is 1. The summed E-state index contributed by atoms with van der Waals surface area (Å²) in [6.45, 7) is 7.27. The van der Waals surface area contributed by atoms with Crippen molar-refractivity contribution in [2.75, 3.05) is 40.9 Å². The van der Waals surface area contributed by atoms with Crippen LogP contribution in [0.15, 0.2) is 54.1 Å². The highest BCUT2D eigenvalue weighted by Crippen LogP contribution is 2.56. The van der Waals surface area contributed by atoms with Gasteiger partial charge in [0, 0.05) is 70.8 Å². The second kappa shape index (κ2) is 11.8. The zero-order chi connectivity index (χ0) is 34.5. The lowest BCUT2D eigenvalue weighted by molar-refractivity contribution is -0.162. The fourth-order valence-corrected chi connectivity index (χ4v) is 11.8. The molecule has 4 aliphatic heterocycles. The van der Waals surface area contributed by atoms with Gasteiger partial charge >= 0.3 is 11.9 Å². The molecule has 9 atom stereocenters. The molecule has 4 aromatic rings. The van der Waals surface area contributed by atoms with Crippen molar-refractivity contribution in [3.63, 3.8) is 0 Å². The lowest BCUT2D eigenvalue weighted by Gasteiger charge is -2.57. The Bertz CT molecular complexity index is 2040. The van der Waals surface area contributed by atoms with Crippen molar-refractivity contribution in [2.24, 2.45) is 23.7 Å². The highest BCUT2D eigenvalue weighted by Gasteiger charge is 2.62. The van der Waals surface area contributed by atoms with Crippen molar-refractivity contribution in [2.45, 2.75) is 75.8 Å². The van der Waals surface area contributed by atoms with Crippen LogP contribution in [0.2, 0.25) is 0 Å². The van der Waals surface area contributed by atoms with Gasteiger partial charge in [-0.05, 0) is 98.7 Å². The molecule has 6 aliphatic rings. The number of piperidine rings is 3. The lowest BCUT2D eigenvalue weighted by atomic mass is 9.56. The van der Waals surface area contributed by atoms with Gasteiger partial charge in [0.05, 0.1) is 20.1 Å². The molecule has 4 fully saturated rings. The number of H-pyrrole nitrogens is 2. The number of benzene rings is 2. The van der Waals surface area contributed by atoms with Crippen molar-refractivity contribution >= 4 is 33.7 Å². The number of hydrogen-bond donors (Lipinski definition) is 2. The molecule has 2 aromatic heterocycles. The van der Waals surface area contributed by atoms with Gasteiger partial charge in [0.2, 0.25) is 0 Å². The Balaban J connectivity index is 1.24. The predicted octanol–water partition coefficient (Wildman–Crippen LogP) is 6.48. The quantitative estimate of drug-likeness (QED) is 0.190. The van der Waals surface area contributed by atoms with Crippen LogP contribution in [0.4, 0.5) is 0 Å². The fraction of sp³-hybridized carbons (Fsp3) is 0.524. The molecular weight excluding hydrogens is 624 g/mol. The molecule has 262 valence electrons. The van der Waals surface area contributed by atoms with E-state index in [2.05, 4.69) is 89.2 Å². The Hall–Kier alpha value is -3.88. The molecule has 6 bridgehead atoms. The Morgan fingerprint density at radius 1 is 1.02 bits per heavy atom. The van der Waals surface area contributed by atoms with Crippen LogP contribution in [0.5, 0.6) is 0 Å². The van der Waals surface area contributed by atoms with Crippen molar-refractivity contribution in [3.05, 3.63) is 82.2 Å². The van der Waals surface area contributed by atoms with E-state index >= 15 is 0 Å². The molecule has 1 saturated carbocycles. The van der Waals surface area contributed by atoms with Gasteiger partial charge in [-0.1, -0.05) is 49.3 Å². The van der Waals surface area contributed by atoms with E-state index in [1.165, 1.54) is 52.3 Å². The molecule has 9 unspecified atom stereocenters. The highest BCUT2D eigenvalue weighted by atomic mass is 16.5. The third kappa shape index (κ3) is 4.43. The van der Waals surface area contributed by atoms with E-state index in [1.807, 2.05) is 0 Å². The first kappa shape index (κ1) is 32.1. The van der Waals surface area contributed by atoms with Gasteiger partial charge in [-0.3, -0.25) is 19.4 Å². The van der Waals surface area contributed by atoms with Crippen LogP contribution in [0.3, 0.4) is 0 Å². The maximum absolute atomic E-state index is 14.1. The van der Waals surface area contributed by atoms with Gasteiger partial charge in [0.15, 0.2) is 0 Å². The van der Waals surface area contributed by atoms with Crippen LogP contribution in [0.25, 0.3) is 21.8 Å². The van der Waals surface area contributed by atoms with Gasteiger partial charge < -0.3 is 19.4 Å². The molecule has 6 heterocycles. The number of carbonyl (C=O) groups excluding carboxylic acids is 2. The normalized spacial score (nSPS) is 34.1. The number of methoxy groups -OCH3 is 2. The van der Waals surface area contributed by atoms with E-state index in [4.69, 9.17) is 9.47 Å². The van der Waals surface area contributed by atoms with Crippen LogP contribution in [0.1, 0.15) is 73.5 Å². The molecule has 0 radical (unpaired) electrons. The molecule has 0 spiro atoms. The number of allylic oxidation sites excluding steroid dienone is 1. The smallest absolute Gasteiger partial charge is 0.319 e. The summed E-state index contributed by atoms with van der Waals surface area (Å²) in [4.78, 5) is 40.6. The maximum Gasteiger partial charge on any atom is 0.319 e. The van der Waals surface area contributed by atoms with E-state index < -0.39 is 5.41 Å². The summed E-state index contributed by atoms with van der Waals surface area (Å²) >= 11 is 0. The second-order valence-electron chi connectivity index (χ2n) is 16.0. The van der Waals surface area contributed by atoms with Crippen molar-refractivity contribution < 1.29 is 19.1 Å². The number of hydrogen-bond acceptors (Lipinski definition) is 6. The van der Waals surface area contributed by atoms with E-state index in [-0.39, 0.29) is 41.8 Å². The zero-order valence-corrected chi connectivity index (χ0v) is 30.1. The first-order valence-corrected chi connectivity index (χ1v) is 18.8. The van der Waals surface area contributed by atoms with Crippen LogP contribution < -0.4 is 0 Å². The zero-order valence-electron chi connectivity index (χ0n) is 30.1. The van der Waals surface area contributed by atoms with Gasteiger partial charge in [0.25, 0.3) is 0 Å². The predicted molar refractivity (Wildman–Crippen MR) is 195 cm³/mol. The average molecular weight is 675 g/mol. The highest BCUT2D eigenvalue weighted by molar-refractivity contribution is 5.92. The van der Waals surface area contributed by atoms with Crippen molar-refractivity contribution in [3.8, 4) is 0 Å². The Kier molecular flexibility index (Phi) is 7.59. The average Bonchev–Trinajstić information content (AvgIpc) is 3.67. The minimum absolute atomic E-state index is 0.0455. The molecule has 2 aliphatic carbocycles. The summed E-state index contributed by atoms with van der Waals surface area (Å²) in [5, 5.41) is 2.45. The van der Waals surface area contributed by atoms with Gasteiger partial charge in [-0.2, -0.15) is 0 Å². The number of likely N-dealkylation sites (N-methyl/N-ethyl adjacent to an activating group) is 1. The number of rotatable bonds is 4. The minimum atomic E-state index is -0.677. The lowest BCUT2D eigenvalue weighted by Crippen LogP contribution is -2.67. The Morgan fingerprint density at radius 2 is 1.84 bits per heavy atom. The molecule has 8 heteroatoms.